The number of nitrogens with one attached hydrogen (secondary N) is 2. The maximum Gasteiger partial charge on any atom is 0.255 e. The van der Waals surface area contributed by atoms with E-state index in [-0.39, 0.29) is 11.8 Å². The van der Waals surface area contributed by atoms with Crippen LogP contribution in [0.3, 0.4) is 0 Å². The van der Waals surface area contributed by atoms with Gasteiger partial charge in [-0.15, -0.1) is 0 Å². The molecule has 0 atom stereocenters. The van der Waals surface area contributed by atoms with Gasteiger partial charge in [-0.25, -0.2) is 0 Å². The summed E-state index contributed by atoms with van der Waals surface area (Å²) >= 11 is 0. The Morgan fingerprint density at radius 3 is 2.17 bits per heavy atom. The third kappa shape index (κ3) is 5.26. The van der Waals surface area contributed by atoms with Crippen LogP contribution in [0.1, 0.15) is 37.4 Å². The lowest BCUT2D eigenvalue weighted by Crippen LogP contribution is -2.28. The third-order valence-corrected chi connectivity index (χ3v) is 4.83. The summed E-state index contributed by atoms with van der Waals surface area (Å²) in [6, 6.07) is 20.2. The van der Waals surface area contributed by atoms with E-state index in [1.807, 2.05) is 63.2 Å². The van der Waals surface area contributed by atoms with Crippen molar-refractivity contribution in [1.29, 1.82) is 0 Å². The minimum Gasteiger partial charge on any atom is -0.491 e. The number of ether oxygens (including phenoxy) is 1. The first-order valence-corrected chi connectivity index (χ1v) is 9.90. The molecule has 2 N–H and O–H groups in total. The summed E-state index contributed by atoms with van der Waals surface area (Å²) in [4.78, 5) is 24.9. The van der Waals surface area contributed by atoms with Crippen LogP contribution in [0, 0.1) is 20.8 Å². The molecule has 0 aliphatic carbocycles. The van der Waals surface area contributed by atoms with Crippen LogP contribution < -0.4 is 15.4 Å². The Balaban J connectivity index is 1.58. The zero-order valence-electron chi connectivity index (χ0n) is 17.5. The molecule has 0 fully saturated rings. The first-order chi connectivity index (χ1) is 14.5. The normalized spacial score (nSPS) is 10.4. The molecule has 0 radical (unpaired) electrons. The highest BCUT2D eigenvalue weighted by Crippen LogP contribution is 2.22. The summed E-state index contributed by atoms with van der Waals surface area (Å²) in [6.45, 7) is 6.64. The van der Waals surface area contributed by atoms with Crippen LogP contribution in [0.4, 0.5) is 5.69 Å². The highest BCUT2D eigenvalue weighted by Gasteiger charge is 2.11. The van der Waals surface area contributed by atoms with Crippen molar-refractivity contribution < 1.29 is 14.3 Å². The smallest absolute Gasteiger partial charge is 0.255 e. The lowest BCUT2D eigenvalue weighted by molar-refractivity contribution is 0.0945. The lowest BCUT2D eigenvalue weighted by Gasteiger charge is -2.13. The summed E-state index contributed by atoms with van der Waals surface area (Å²) in [7, 11) is 0. The summed E-state index contributed by atoms with van der Waals surface area (Å²) in [5.41, 5.74) is 4.68. The highest BCUT2D eigenvalue weighted by atomic mass is 16.5. The zero-order chi connectivity index (χ0) is 21.5. The molecule has 0 unspecified atom stereocenters. The average molecular weight is 402 g/mol. The molecule has 30 heavy (non-hydrogen) atoms. The minimum atomic E-state index is -0.213. The number of rotatable bonds is 7. The summed E-state index contributed by atoms with van der Waals surface area (Å²) in [5, 5.41) is 5.74. The second kappa shape index (κ2) is 9.74. The highest BCUT2D eigenvalue weighted by molar-refractivity contribution is 6.05. The fourth-order valence-corrected chi connectivity index (χ4v) is 3.13. The molecule has 0 aliphatic rings. The van der Waals surface area contributed by atoms with Gasteiger partial charge in [-0.05, 0) is 61.7 Å². The van der Waals surface area contributed by atoms with Crippen LogP contribution in [0.15, 0.2) is 66.7 Å². The molecule has 5 heteroatoms. The molecule has 0 saturated carbocycles. The van der Waals surface area contributed by atoms with Crippen LogP contribution in [0.25, 0.3) is 0 Å². The lowest BCUT2D eigenvalue weighted by atomic mass is 10.1. The van der Waals surface area contributed by atoms with Crippen molar-refractivity contribution in [2.45, 2.75) is 20.8 Å². The zero-order valence-corrected chi connectivity index (χ0v) is 17.5. The third-order valence-electron chi connectivity index (χ3n) is 4.83. The van der Waals surface area contributed by atoms with Crippen LogP contribution >= 0.6 is 0 Å². The maximum absolute atomic E-state index is 12.5. The second-order valence-electron chi connectivity index (χ2n) is 7.18. The van der Waals surface area contributed by atoms with Gasteiger partial charge in [0, 0.05) is 16.8 Å². The number of aryl methyl sites for hydroxylation is 3. The largest absolute Gasteiger partial charge is 0.491 e. The molecule has 0 aliphatic heterocycles. The quantitative estimate of drug-likeness (QED) is 0.564. The molecule has 0 bridgehead atoms. The molecule has 3 aromatic carbocycles. The van der Waals surface area contributed by atoms with Gasteiger partial charge in [-0.1, -0.05) is 42.5 Å². The molecule has 0 saturated heterocycles. The van der Waals surface area contributed by atoms with Crippen molar-refractivity contribution in [2.24, 2.45) is 0 Å². The Morgan fingerprint density at radius 2 is 1.47 bits per heavy atom. The number of para-hydroxylation sites is 1. The van der Waals surface area contributed by atoms with Gasteiger partial charge in [-0.2, -0.15) is 0 Å². The van der Waals surface area contributed by atoms with Crippen molar-refractivity contribution in [1.82, 2.24) is 5.32 Å². The van der Waals surface area contributed by atoms with Crippen molar-refractivity contribution in [3.8, 4) is 5.75 Å². The number of amides is 2. The summed E-state index contributed by atoms with van der Waals surface area (Å²) < 4.78 is 5.83. The van der Waals surface area contributed by atoms with E-state index in [0.717, 1.165) is 22.4 Å². The first kappa shape index (κ1) is 21.1. The van der Waals surface area contributed by atoms with Crippen molar-refractivity contribution in [3.63, 3.8) is 0 Å². The van der Waals surface area contributed by atoms with Gasteiger partial charge in [0.05, 0.1) is 6.54 Å². The number of carbonyl (C=O) groups is 2. The van der Waals surface area contributed by atoms with Crippen LogP contribution in [0.5, 0.6) is 5.75 Å². The van der Waals surface area contributed by atoms with Crippen LogP contribution in [0.2, 0.25) is 0 Å². The molecule has 0 spiro atoms. The van der Waals surface area contributed by atoms with E-state index in [4.69, 9.17) is 4.74 Å². The monoisotopic (exact) mass is 402 g/mol. The Labute approximate surface area is 177 Å². The van der Waals surface area contributed by atoms with Gasteiger partial charge in [0.1, 0.15) is 12.4 Å². The molecule has 3 rings (SSSR count). The topological polar surface area (TPSA) is 67.4 Å². The summed E-state index contributed by atoms with van der Waals surface area (Å²) in [5.74, 6) is 0.432. The van der Waals surface area contributed by atoms with E-state index in [1.54, 1.807) is 24.3 Å². The fourth-order valence-electron chi connectivity index (χ4n) is 3.13. The van der Waals surface area contributed by atoms with Gasteiger partial charge in [0.25, 0.3) is 11.8 Å². The van der Waals surface area contributed by atoms with Gasteiger partial charge < -0.3 is 15.4 Å². The van der Waals surface area contributed by atoms with E-state index in [9.17, 15) is 9.59 Å². The fraction of sp³-hybridized carbons (Fsp3) is 0.200. The van der Waals surface area contributed by atoms with E-state index in [2.05, 4.69) is 10.6 Å². The molecule has 5 nitrogen and oxygen atoms in total. The predicted molar refractivity (Wildman–Crippen MR) is 119 cm³/mol. The predicted octanol–water partition coefficient (Wildman–Crippen LogP) is 4.67. The number of benzene rings is 3. The second-order valence-corrected chi connectivity index (χ2v) is 7.18. The van der Waals surface area contributed by atoms with Crippen LogP contribution in [-0.4, -0.2) is 25.0 Å². The number of hydrogen-bond donors (Lipinski definition) is 2. The van der Waals surface area contributed by atoms with Crippen LogP contribution in [-0.2, 0) is 0 Å². The number of anilines is 1. The van der Waals surface area contributed by atoms with Gasteiger partial charge >= 0.3 is 0 Å². The van der Waals surface area contributed by atoms with E-state index >= 15 is 0 Å². The van der Waals surface area contributed by atoms with E-state index < -0.39 is 0 Å². The molecular weight excluding hydrogens is 376 g/mol. The Hall–Kier alpha value is -3.60. The maximum atomic E-state index is 12.5. The van der Waals surface area contributed by atoms with Gasteiger partial charge in [-0.3, -0.25) is 9.59 Å². The van der Waals surface area contributed by atoms with Crippen molar-refractivity contribution in [3.05, 3.63) is 94.5 Å². The first-order valence-electron chi connectivity index (χ1n) is 9.90. The Kier molecular flexibility index (Phi) is 6.86. The number of hydrogen-bond acceptors (Lipinski definition) is 3. The molecule has 0 heterocycles. The Bertz CT molecular complexity index is 1030. The molecule has 3 aromatic rings. The number of carbonyl (C=O) groups excluding carboxylic acids is 2. The van der Waals surface area contributed by atoms with Gasteiger partial charge in [0.2, 0.25) is 0 Å². The minimum absolute atomic E-state index is 0.210. The Morgan fingerprint density at radius 1 is 0.767 bits per heavy atom. The van der Waals surface area contributed by atoms with Crippen molar-refractivity contribution >= 4 is 17.5 Å². The van der Waals surface area contributed by atoms with E-state index in [1.165, 1.54) is 0 Å². The molecule has 2 amide bonds. The van der Waals surface area contributed by atoms with Gasteiger partial charge in [0.15, 0.2) is 0 Å². The molecule has 154 valence electrons. The SMILES string of the molecule is Cc1ccc(C(=O)NCCOc2c(C)cccc2C)cc1NC(=O)c1ccccc1. The average Bonchev–Trinajstić information content (AvgIpc) is 2.74. The molecular formula is C25H26N2O3. The van der Waals surface area contributed by atoms with Crippen molar-refractivity contribution in [2.75, 3.05) is 18.5 Å². The standard InChI is InChI=1S/C25H26N2O3/c1-17-12-13-21(16-22(17)27-25(29)20-10-5-4-6-11-20)24(28)26-14-15-30-23-18(2)8-7-9-19(23)3/h4-13,16H,14-15H2,1-3H3,(H,26,28)(H,27,29). The summed E-state index contributed by atoms with van der Waals surface area (Å²) in [6.07, 6.45) is 0. The molecule has 0 aromatic heterocycles. The van der Waals surface area contributed by atoms with E-state index in [0.29, 0.717) is 30.0 Å².